The maximum atomic E-state index is 11.9. The number of β-amino-alcohol motifs (C(OH)–C–C–N with tert-alkyl or cyclic N) is 1. The lowest BCUT2D eigenvalue weighted by Crippen LogP contribution is -2.32. The summed E-state index contributed by atoms with van der Waals surface area (Å²) in [5.41, 5.74) is 6.89. The van der Waals surface area contributed by atoms with Crippen LogP contribution in [0.25, 0.3) is 0 Å². The summed E-state index contributed by atoms with van der Waals surface area (Å²) in [5.74, 6) is -0.127. The fourth-order valence-electron chi connectivity index (χ4n) is 2.16. The van der Waals surface area contributed by atoms with Crippen molar-refractivity contribution in [2.75, 3.05) is 25.0 Å². The quantitative estimate of drug-likeness (QED) is 0.692. The van der Waals surface area contributed by atoms with Crippen molar-refractivity contribution in [3.8, 4) is 0 Å². The van der Waals surface area contributed by atoms with Gasteiger partial charge in [0.25, 0.3) is 0 Å². The molecule has 0 radical (unpaired) electrons. The van der Waals surface area contributed by atoms with E-state index in [2.05, 4.69) is 5.32 Å². The minimum absolute atomic E-state index is 0.127. The summed E-state index contributed by atoms with van der Waals surface area (Å²) in [6.45, 7) is 1.55. The van der Waals surface area contributed by atoms with Crippen LogP contribution in [0.5, 0.6) is 0 Å². The van der Waals surface area contributed by atoms with Crippen LogP contribution in [-0.4, -0.2) is 46.6 Å². The van der Waals surface area contributed by atoms with Crippen molar-refractivity contribution in [3.05, 3.63) is 29.8 Å². The summed E-state index contributed by atoms with van der Waals surface area (Å²) in [6.07, 6.45) is 0.397. The Morgan fingerprint density at radius 3 is 2.89 bits per heavy atom. The molecule has 4 N–H and O–H groups in total. The fourth-order valence-corrected chi connectivity index (χ4v) is 2.33. The molecule has 19 heavy (non-hydrogen) atoms. The second kappa shape index (κ2) is 6.10. The number of nitrogens with two attached hydrogens (primary N) is 1. The van der Waals surface area contributed by atoms with Crippen molar-refractivity contribution in [2.45, 2.75) is 12.5 Å². The number of nitrogens with one attached hydrogen (secondary N) is 1. The molecule has 1 aliphatic heterocycles. The smallest absolute Gasteiger partial charge is 0.238 e. The van der Waals surface area contributed by atoms with Crippen LogP contribution in [0.4, 0.5) is 5.69 Å². The second-order valence-corrected chi connectivity index (χ2v) is 5.08. The van der Waals surface area contributed by atoms with Crippen LogP contribution in [0.2, 0.25) is 0 Å². The van der Waals surface area contributed by atoms with E-state index in [1.54, 1.807) is 12.1 Å². The third-order valence-electron chi connectivity index (χ3n) is 3.08. The van der Waals surface area contributed by atoms with E-state index in [1.807, 2.05) is 17.0 Å². The molecule has 1 aromatic carbocycles. The van der Waals surface area contributed by atoms with Crippen molar-refractivity contribution in [3.63, 3.8) is 0 Å². The van der Waals surface area contributed by atoms with E-state index >= 15 is 0 Å². The Balaban J connectivity index is 1.97. The molecule has 6 heteroatoms. The molecule has 0 aromatic heterocycles. The molecular formula is C13H17N3O2S. The summed E-state index contributed by atoms with van der Waals surface area (Å²) in [6, 6.07) is 7.18. The summed E-state index contributed by atoms with van der Waals surface area (Å²) >= 11 is 4.94. The zero-order valence-corrected chi connectivity index (χ0v) is 11.3. The Kier molecular flexibility index (Phi) is 4.47. The van der Waals surface area contributed by atoms with Gasteiger partial charge < -0.3 is 16.2 Å². The van der Waals surface area contributed by atoms with Gasteiger partial charge in [0.1, 0.15) is 4.99 Å². The number of para-hydroxylation sites is 1. The highest BCUT2D eigenvalue weighted by Gasteiger charge is 2.22. The molecular weight excluding hydrogens is 262 g/mol. The number of hydrogen-bond donors (Lipinski definition) is 3. The first-order valence-electron chi connectivity index (χ1n) is 6.15. The number of thiocarbonyl (C=S) groups is 1. The van der Waals surface area contributed by atoms with Gasteiger partial charge in [-0.05, 0) is 18.6 Å². The number of benzene rings is 1. The predicted molar refractivity (Wildman–Crippen MR) is 78.0 cm³/mol. The number of amides is 1. The number of hydrogen-bond acceptors (Lipinski definition) is 4. The van der Waals surface area contributed by atoms with Gasteiger partial charge in [0.15, 0.2) is 0 Å². The van der Waals surface area contributed by atoms with Gasteiger partial charge in [-0.1, -0.05) is 24.4 Å². The van der Waals surface area contributed by atoms with Crippen LogP contribution in [-0.2, 0) is 4.79 Å². The van der Waals surface area contributed by atoms with Crippen molar-refractivity contribution >= 4 is 28.8 Å². The summed E-state index contributed by atoms with van der Waals surface area (Å²) in [4.78, 5) is 14.1. The lowest BCUT2D eigenvalue weighted by molar-refractivity contribution is -0.117. The molecule has 0 aliphatic carbocycles. The first-order chi connectivity index (χ1) is 9.06. The zero-order chi connectivity index (χ0) is 13.8. The maximum Gasteiger partial charge on any atom is 0.238 e. The first-order valence-corrected chi connectivity index (χ1v) is 6.56. The molecule has 1 atom stereocenters. The largest absolute Gasteiger partial charge is 0.392 e. The number of carbonyl (C=O) groups excluding carboxylic acids is 1. The van der Waals surface area contributed by atoms with E-state index in [1.165, 1.54) is 0 Å². The molecule has 2 rings (SSSR count). The van der Waals surface area contributed by atoms with E-state index in [0.29, 0.717) is 17.8 Å². The van der Waals surface area contributed by atoms with E-state index in [0.717, 1.165) is 13.0 Å². The SMILES string of the molecule is NC(=S)c1ccccc1NC(=O)CN1CCC(O)C1. The van der Waals surface area contributed by atoms with E-state index < -0.39 is 0 Å². The summed E-state index contributed by atoms with van der Waals surface area (Å²) in [5, 5.41) is 12.2. The van der Waals surface area contributed by atoms with Crippen molar-refractivity contribution in [1.29, 1.82) is 0 Å². The Hall–Kier alpha value is -1.50. The first kappa shape index (κ1) is 13.9. The lowest BCUT2D eigenvalue weighted by Gasteiger charge is -2.15. The molecule has 1 fully saturated rings. The average Bonchev–Trinajstić information content (AvgIpc) is 2.75. The number of likely N-dealkylation sites (tertiary alicyclic amines) is 1. The molecule has 5 nitrogen and oxygen atoms in total. The van der Waals surface area contributed by atoms with E-state index in [4.69, 9.17) is 18.0 Å². The average molecular weight is 279 g/mol. The molecule has 102 valence electrons. The van der Waals surface area contributed by atoms with Gasteiger partial charge >= 0.3 is 0 Å². The van der Waals surface area contributed by atoms with Crippen LogP contribution in [0, 0.1) is 0 Å². The molecule has 1 saturated heterocycles. The third kappa shape index (κ3) is 3.73. The molecule has 1 amide bonds. The van der Waals surface area contributed by atoms with Gasteiger partial charge in [-0.25, -0.2) is 0 Å². The highest BCUT2D eigenvalue weighted by molar-refractivity contribution is 7.80. The molecule has 0 spiro atoms. The van der Waals surface area contributed by atoms with Crippen LogP contribution in [0.3, 0.4) is 0 Å². The highest BCUT2D eigenvalue weighted by Crippen LogP contribution is 2.15. The van der Waals surface area contributed by atoms with E-state index in [-0.39, 0.29) is 23.5 Å². The topological polar surface area (TPSA) is 78.6 Å². The van der Waals surface area contributed by atoms with Gasteiger partial charge in [-0.2, -0.15) is 0 Å². The minimum Gasteiger partial charge on any atom is -0.392 e. The Morgan fingerprint density at radius 2 is 2.26 bits per heavy atom. The normalized spacial score (nSPS) is 19.3. The predicted octanol–water partition coefficient (Wildman–Crippen LogP) is 0.326. The fraction of sp³-hybridized carbons (Fsp3) is 0.385. The zero-order valence-electron chi connectivity index (χ0n) is 10.5. The molecule has 1 aromatic rings. The van der Waals surface area contributed by atoms with Crippen molar-refractivity contribution in [2.24, 2.45) is 5.73 Å². The second-order valence-electron chi connectivity index (χ2n) is 4.64. The van der Waals surface area contributed by atoms with Gasteiger partial charge in [-0.15, -0.1) is 0 Å². The van der Waals surface area contributed by atoms with Crippen molar-refractivity contribution < 1.29 is 9.90 Å². The minimum atomic E-state index is -0.322. The molecule has 0 saturated carbocycles. The van der Waals surface area contributed by atoms with Crippen LogP contribution >= 0.6 is 12.2 Å². The molecule has 1 heterocycles. The molecule has 1 aliphatic rings. The Morgan fingerprint density at radius 1 is 1.53 bits per heavy atom. The standard InChI is InChI=1S/C13H17N3O2S/c14-13(19)10-3-1-2-4-11(10)15-12(18)8-16-6-5-9(17)7-16/h1-4,9,17H,5-8H2,(H2,14,19)(H,15,18). The van der Waals surface area contributed by atoms with Gasteiger partial charge in [0.05, 0.1) is 18.3 Å². The number of rotatable bonds is 4. The Labute approximate surface area is 117 Å². The van der Waals surface area contributed by atoms with Crippen molar-refractivity contribution in [1.82, 2.24) is 4.90 Å². The number of nitrogens with zero attached hydrogens (tertiary/aromatic N) is 1. The van der Waals surface area contributed by atoms with E-state index in [9.17, 15) is 9.90 Å². The number of anilines is 1. The monoisotopic (exact) mass is 279 g/mol. The van der Waals surface area contributed by atoms with Crippen LogP contribution in [0.1, 0.15) is 12.0 Å². The third-order valence-corrected chi connectivity index (χ3v) is 3.30. The number of carbonyl (C=O) groups is 1. The van der Waals surface area contributed by atoms with Gasteiger partial charge in [-0.3, -0.25) is 9.69 Å². The van der Waals surface area contributed by atoms with Crippen LogP contribution in [0.15, 0.2) is 24.3 Å². The van der Waals surface area contributed by atoms with Gasteiger partial charge in [0.2, 0.25) is 5.91 Å². The number of aliphatic hydroxyl groups excluding tert-OH is 1. The lowest BCUT2D eigenvalue weighted by atomic mass is 10.2. The maximum absolute atomic E-state index is 11.9. The van der Waals surface area contributed by atoms with Gasteiger partial charge in [0, 0.05) is 18.7 Å². The Bertz CT molecular complexity index is 493. The molecule has 0 bridgehead atoms. The summed E-state index contributed by atoms with van der Waals surface area (Å²) in [7, 11) is 0. The number of aliphatic hydroxyl groups is 1. The molecule has 1 unspecified atom stereocenters. The van der Waals surface area contributed by atoms with Crippen LogP contribution < -0.4 is 11.1 Å². The summed E-state index contributed by atoms with van der Waals surface area (Å²) < 4.78 is 0. The highest BCUT2D eigenvalue weighted by atomic mass is 32.1.